The lowest BCUT2D eigenvalue weighted by molar-refractivity contribution is 0.0336. The maximum atomic E-state index is 12.3. The number of carbonyl (C=O) groups is 1. The van der Waals surface area contributed by atoms with Crippen LogP contribution in [0.1, 0.15) is 50.4 Å². The van der Waals surface area contributed by atoms with Crippen LogP contribution in [0, 0.1) is 5.92 Å². The Balaban J connectivity index is 2.71. The van der Waals surface area contributed by atoms with Gasteiger partial charge in [-0.2, -0.15) is 0 Å². The van der Waals surface area contributed by atoms with Crippen LogP contribution < -0.4 is 4.74 Å². The summed E-state index contributed by atoms with van der Waals surface area (Å²) in [5.74, 6) is 0.392. The van der Waals surface area contributed by atoms with E-state index in [1.54, 1.807) is 12.1 Å². The van der Waals surface area contributed by atoms with Crippen molar-refractivity contribution in [3.63, 3.8) is 0 Å². The Morgan fingerprint density at radius 2 is 2.00 bits per heavy atom. The number of ether oxygens (including phenoxy) is 2. The summed E-state index contributed by atoms with van der Waals surface area (Å²) in [7, 11) is 3.98. The zero-order valence-electron chi connectivity index (χ0n) is 15.5. The van der Waals surface area contributed by atoms with Crippen LogP contribution in [0.2, 0.25) is 0 Å². The summed E-state index contributed by atoms with van der Waals surface area (Å²) in [6.07, 6.45) is 2.92. The summed E-state index contributed by atoms with van der Waals surface area (Å²) < 4.78 is 11.0. The standard InChI is InChI=1S/C19H31NO4/c1-6-8-11-23-18-12-15(9-10-17(18)21)19(22)24-13-16(20(4)5)14(3)7-2/h9-10,12,14,16,21H,6-8,11,13H2,1-5H3/t14?,16-/m1/s1. The number of rotatable bonds is 10. The molecule has 0 aliphatic carbocycles. The molecule has 136 valence electrons. The molecule has 0 aromatic heterocycles. The molecule has 0 aliphatic heterocycles. The lowest BCUT2D eigenvalue weighted by Gasteiger charge is -2.29. The maximum absolute atomic E-state index is 12.3. The van der Waals surface area contributed by atoms with Gasteiger partial charge in [0.2, 0.25) is 0 Å². The summed E-state index contributed by atoms with van der Waals surface area (Å²) in [5, 5.41) is 9.83. The molecule has 1 rings (SSSR count). The first-order valence-corrected chi connectivity index (χ1v) is 8.70. The minimum absolute atomic E-state index is 0.0356. The Kier molecular flexibility index (Phi) is 8.61. The fraction of sp³-hybridized carbons (Fsp3) is 0.632. The van der Waals surface area contributed by atoms with E-state index in [4.69, 9.17) is 9.47 Å². The molecule has 24 heavy (non-hydrogen) atoms. The molecule has 0 spiro atoms. The molecule has 0 saturated heterocycles. The highest BCUT2D eigenvalue weighted by molar-refractivity contribution is 5.90. The summed E-state index contributed by atoms with van der Waals surface area (Å²) in [4.78, 5) is 14.4. The van der Waals surface area contributed by atoms with Gasteiger partial charge in [-0.15, -0.1) is 0 Å². The van der Waals surface area contributed by atoms with Gasteiger partial charge in [0.15, 0.2) is 11.5 Å². The Labute approximate surface area is 145 Å². The second-order valence-electron chi connectivity index (χ2n) is 6.40. The third-order valence-electron chi connectivity index (χ3n) is 4.30. The van der Waals surface area contributed by atoms with Crippen LogP contribution in [-0.4, -0.2) is 49.3 Å². The molecule has 0 saturated carbocycles. The number of hydrogen-bond donors (Lipinski definition) is 1. The largest absolute Gasteiger partial charge is 0.504 e. The lowest BCUT2D eigenvalue weighted by atomic mass is 9.99. The minimum atomic E-state index is -0.398. The van der Waals surface area contributed by atoms with Crippen molar-refractivity contribution in [3.05, 3.63) is 23.8 Å². The molecular weight excluding hydrogens is 306 g/mol. The van der Waals surface area contributed by atoms with Crippen molar-refractivity contribution in [1.29, 1.82) is 0 Å². The molecule has 0 fully saturated rings. The predicted molar refractivity (Wildman–Crippen MR) is 95.7 cm³/mol. The smallest absolute Gasteiger partial charge is 0.338 e. The molecule has 2 atom stereocenters. The molecule has 1 N–H and O–H groups in total. The number of nitrogens with zero attached hydrogens (tertiary/aromatic N) is 1. The van der Waals surface area contributed by atoms with Crippen molar-refractivity contribution in [1.82, 2.24) is 4.90 Å². The van der Waals surface area contributed by atoms with Gasteiger partial charge in [-0.3, -0.25) is 0 Å². The minimum Gasteiger partial charge on any atom is -0.504 e. The first-order chi connectivity index (χ1) is 11.4. The topological polar surface area (TPSA) is 59.0 Å². The number of esters is 1. The van der Waals surface area contributed by atoms with Crippen molar-refractivity contribution >= 4 is 5.97 Å². The van der Waals surface area contributed by atoms with Gasteiger partial charge in [-0.25, -0.2) is 4.79 Å². The monoisotopic (exact) mass is 337 g/mol. The molecule has 5 heteroatoms. The number of hydrogen-bond acceptors (Lipinski definition) is 5. The van der Waals surface area contributed by atoms with E-state index in [2.05, 4.69) is 25.7 Å². The fourth-order valence-corrected chi connectivity index (χ4v) is 2.42. The SMILES string of the molecule is CCCCOc1cc(C(=O)OC[C@H](C(C)CC)N(C)C)ccc1O. The highest BCUT2D eigenvalue weighted by Crippen LogP contribution is 2.27. The van der Waals surface area contributed by atoms with Crippen LogP contribution in [-0.2, 0) is 4.74 Å². The third kappa shape index (κ3) is 6.04. The quantitative estimate of drug-likeness (QED) is 0.521. The van der Waals surface area contributed by atoms with E-state index in [-0.39, 0.29) is 11.8 Å². The summed E-state index contributed by atoms with van der Waals surface area (Å²) >= 11 is 0. The maximum Gasteiger partial charge on any atom is 0.338 e. The van der Waals surface area contributed by atoms with E-state index in [1.165, 1.54) is 6.07 Å². The van der Waals surface area contributed by atoms with E-state index in [0.29, 0.717) is 30.4 Å². The molecule has 0 heterocycles. The van der Waals surface area contributed by atoms with E-state index in [0.717, 1.165) is 19.3 Å². The number of phenolic OH excluding ortho intramolecular Hbond substituents is 1. The zero-order chi connectivity index (χ0) is 18.1. The lowest BCUT2D eigenvalue weighted by Crippen LogP contribution is -2.38. The van der Waals surface area contributed by atoms with Gasteiger partial charge in [0.1, 0.15) is 6.61 Å². The van der Waals surface area contributed by atoms with E-state index in [1.807, 2.05) is 14.1 Å². The van der Waals surface area contributed by atoms with E-state index >= 15 is 0 Å². The van der Waals surface area contributed by atoms with Gasteiger partial charge in [0.05, 0.1) is 12.2 Å². The molecule has 0 amide bonds. The number of unbranched alkanes of at least 4 members (excludes halogenated alkanes) is 1. The van der Waals surface area contributed by atoms with E-state index in [9.17, 15) is 9.90 Å². The second-order valence-corrected chi connectivity index (χ2v) is 6.40. The first kappa shape index (κ1) is 20.3. The first-order valence-electron chi connectivity index (χ1n) is 8.70. The number of likely N-dealkylation sites (N-methyl/N-ethyl adjacent to an activating group) is 1. The van der Waals surface area contributed by atoms with Crippen molar-refractivity contribution < 1.29 is 19.4 Å². The number of benzene rings is 1. The average Bonchev–Trinajstić information content (AvgIpc) is 2.56. The van der Waals surface area contributed by atoms with Crippen LogP contribution in [0.5, 0.6) is 11.5 Å². The molecule has 1 unspecified atom stereocenters. The van der Waals surface area contributed by atoms with Crippen LogP contribution in [0.15, 0.2) is 18.2 Å². The summed E-state index contributed by atoms with van der Waals surface area (Å²) in [6.45, 7) is 7.20. The van der Waals surface area contributed by atoms with Crippen LogP contribution in [0.3, 0.4) is 0 Å². The van der Waals surface area contributed by atoms with Crippen molar-refractivity contribution in [3.8, 4) is 11.5 Å². The summed E-state index contributed by atoms with van der Waals surface area (Å²) in [6, 6.07) is 4.74. The fourth-order valence-electron chi connectivity index (χ4n) is 2.42. The van der Waals surface area contributed by atoms with Gasteiger partial charge >= 0.3 is 5.97 Å². The van der Waals surface area contributed by atoms with E-state index < -0.39 is 5.97 Å². The molecule has 1 aromatic carbocycles. The molecule has 0 radical (unpaired) electrons. The van der Waals surface area contributed by atoms with Gasteiger partial charge < -0.3 is 19.5 Å². The average molecular weight is 337 g/mol. The Bertz CT molecular complexity index is 516. The van der Waals surface area contributed by atoms with Gasteiger partial charge in [-0.05, 0) is 44.6 Å². The Morgan fingerprint density at radius 3 is 2.58 bits per heavy atom. The Hall–Kier alpha value is -1.75. The molecular formula is C19H31NO4. The second kappa shape index (κ2) is 10.2. The zero-order valence-corrected chi connectivity index (χ0v) is 15.5. The highest BCUT2D eigenvalue weighted by atomic mass is 16.5. The molecule has 1 aromatic rings. The van der Waals surface area contributed by atoms with Crippen LogP contribution in [0.25, 0.3) is 0 Å². The van der Waals surface area contributed by atoms with Gasteiger partial charge in [0, 0.05) is 6.04 Å². The number of aromatic hydroxyl groups is 1. The molecule has 5 nitrogen and oxygen atoms in total. The summed E-state index contributed by atoms with van der Waals surface area (Å²) in [5.41, 5.74) is 0.390. The number of phenols is 1. The predicted octanol–water partition coefficient (Wildman–Crippen LogP) is 3.70. The normalized spacial score (nSPS) is 13.6. The van der Waals surface area contributed by atoms with Crippen LogP contribution >= 0.6 is 0 Å². The van der Waals surface area contributed by atoms with Gasteiger partial charge in [0.25, 0.3) is 0 Å². The number of carbonyl (C=O) groups excluding carboxylic acids is 1. The highest BCUT2D eigenvalue weighted by Gasteiger charge is 2.21. The molecule has 0 aliphatic rings. The van der Waals surface area contributed by atoms with Crippen molar-refractivity contribution in [2.45, 2.75) is 46.1 Å². The Morgan fingerprint density at radius 1 is 1.29 bits per heavy atom. The van der Waals surface area contributed by atoms with Crippen molar-refractivity contribution in [2.24, 2.45) is 5.92 Å². The molecule has 0 bridgehead atoms. The van der Waals surface area contributed by atoms with Crippen LogP contribution in [0.4, 0.5) is 0 Å². The van der Waals surface area contributed by atoms with Gasteiger partial charge in [-0.1, -0.05) is 33.6 Å². The third-order valence-corrected chi connectivity index (χ3v) is 4.30. The van der Waals surface area contributed by atoms with Crippen molar-refractivity contribution in [2.75, 3.05) is 27.3 Å².